The molecule has 0 aliphatic carbocycles. The van der Waals surface area contributed by atoms with Crippen molar-refractivity contribution in [3.05, 3.63) is 11.9 Å². The minimum Gasteiger partial charge on any atom is -0.466 e. The third-order valence-electron chi connectivity index (χ3n) is 3.59. The number of fused-ring (bicyclic) bond motifs is 1. The van der Waals surface area contributed by atoms with Crippen LogP contribution < -0.4 is 5.32 Å². The normalized spacial score (nSPS) is 22.6. The van der Waals surface area contributed by atoms with E-state index >= 15 is 0 Å². The van der Waals surface area contributed by atoms with Gasteiger partial charge in [-0.25, -0.2) is 4.98 Å². The number of imidazole rings is 1. The number of ether oxygens (including phenoxy) is 1. The number of esters is 1. The van der Waals surface area contributed by atoms with Crippen LogP contribution in [0.1, 0.15) is 46.4 Å². The summed E-state index contributed by atoms with van der Waals surface area (Å²) in [5.74, 6) is 0.548. The van der Waals surface area contributed by atoms with E-state index in [1.165, 1.54) is 0 Å². The number of nitrogens with zero attached hydrogens (tertiary/aromatic N) is 2. The molecule has 0 aromatic carbocycles. The van der Waals surface area contributed by atoms with Crippen molar-refractivity contribution < 1.29 is 9.53 Å². The Labute approximate surface area is 114 Å². The van der Waals surface area contributed by atoms with E-state index in [1.54, 1.807) is 0 Å². The van der Waals surface area contributed by atoms with Crippen LogP contribution in [0.25, 0.3) is 0 Å². The third-order valence-corrected chi connectivity index (χ3v) is 3.59. The first-order valence-electron chi connectivity index (χ1n) is 6.84. The molecule has 1 aromatic heterocycles. The first-order valence-corrected chi connectivity index (χ1v) is 6.84. The highest BCUT2D eigenvalue weighted by molar-refractivity contribution is 5.74. The standard InChI is InChI=1S/C14H23N3O2/c1-6-19-12(18)10-7-15-13-16-11(14(3,4)5)8-17(13)9(10)2/h8-10H,6-7H2,1-5H3,(H,15,16). The highest BCUT2D eigenvalue weighted by atomic mass is 16.5. The number of rotatable bonds is 2. The van der Waals surface area contributed by atoms with Crippen molar-refractivity contribution in [2.45, 2.75) is 46.1 Å². The Morgan fingerprint density at radius 2 is 2.26 bits per heavy atom. The molecule has 2 heterocycles. The number of hydrogen-bond acceptors (Lipinski definition) is 4. The number of anilines is 1. The van der Waals surface area contributed by atoms with Crippen molar-refractivity contribution >= 4 is 11.9 Å². The van der Waals surface area contributed by atoms with Gasteiger partial charge in [-0.2, -0.15) is 0 Å². The summed E-state index contributed by atoms with van der Waals surface area (Å²) in [6.07, 6.45) is 2.04. The molecule has 1 aliphatic rings. The first-order chi connectivity index (χ1) is 8.84. The fourth-order valence-electron chi connectivity index (χ4n) is 2.29. The molecule has 0 amide bonds. The van der Waals surface area contributed by atoms with Crippen molar-refractivity contribution in [2.24, 2.45) is 5.92 Å². The van der Waals surface area contributed by atoms with E-state index < -0.39 is 0 Å². The lowest BCUT2D eigenvalue weighted by atomic mass is 9.93. The van der Waals surface area contributed by atoms with Gasteiger partial charge in [0.25, 0.3) is 0 Å². The average Bonchev–Trinajstić information content (AvgIpc) is 2.74. The zero-order valence-corrected chi connectivity index (χ0v) is 12.4. The summed E-state index contributed by atoms with van der Waals surface area (Å²) in [6.45, 7) is 11.3. The molecule has 2 rings (SSSR count). The van der Waals surface area contributed by atoms with Crippen molar-refractivity contribution in [1.29, 1.82) is 0 Å². The molecule has 5 heteroatoms. The molecule has 0 saturated carbocycles. The van der Waals surface area contributed by atoms with Gasteiger partial charge in [-0.05, 0) is 13.8 Å². The largest absolute Gasteiger partial charge is 0.466 e. The molecule has 106 valence electrons. The molecule has 2 unspecified atom stereocenters. The lowest BCUT2D eigenvalue weighted by molar-refractivity contribution is -0.149. The van der Waals surface area contributed by atoms with Gasteiger partial charge in [0.05, 0.1) is 18.2 Å². The number of carbonyl (C=O) groups is 1. The van der Waals surface area contributed by atoms with Gasteiger partial charge in [-0.15, -0.1) is 0 Å². The number of hydrogen-bond donors (Lipinski definition) is 1. The van der Waals surface area contributed by atoms with Crippen molar-refractivity contribution in [2.75, 3.05) is 18.5 Å². The molecule has 0 bridgehead atoms. The van der Waals surface area contributed by atoms with E-state index in [0.717, 1.165) is 11.6 Å². The van der Waals surface area contributed by atoms with Gasteiger partial charge in [0.1, 0.15) is 0 Å². The summed E-state index contributed by atoms with van der Waals surface area (Å²) in [5, 5.41) is 3.23. The number of nitrogens with one attached hydrogen (secondary N) is 1. The molecule has 5 nitrogen and oxygen atoms in total. The second-order valence-corrected chi connectivity index (χ2v) is 6.09. The lowest BCUT2D eigenvalue weighted by Crippen LogP contribution is -2.37. The topological polar surface area (TPSA) is 56.1 Å². The SMILES string of the molecule is CCOC(=O)C1CNc2nc(C(C)(C)C)cn2C1C. The Hall–Kier alpha value is -1.52. The van der Waals surface area contributed by atoms with Crippen LogP contribution in [-0.4, -0.2) is 28.7 Å². The van der Waals surface area contributed by atoms with E-state index in [2.05, 4.69) is 31.1 Å². The molecule has 0 fully saturated rings. The minimum atomic E-state index is -0.158. The summed E-state index contributed by atoms with van der Waals surface area (Å²) in [7, 11) is 0. The molecule has 0 spiro atoms. The molecule has 1 aliphatic heterocycles. The fraction of sp³-hybridized carbons (Fsp3) is 0.714. The molecule has 1 N–H and O–H groups in total. The van der Waals surface area contributed by atoms with Gasteiger partial charge in [0, 0.05) is 24.2 Å². The average molecular weight is 265 g/mol. The summed E-state index contributed by atoms with van der Waals surface area (Å²) < 4.78 is 7.18. The monoisotopic (exact) mass is 265 g/mol. The fourth-order valence-corrected chi connectivity index (χ4v) is 2.29. The summed E-state index contributed by atoms with van der Waals surface area (Å²) in [4.78, 5) is 16.5. The number of aromatic nitrogens is 2. The zero-order chi connectivity index (χ0) is 14.2. The van der Waals surface area contributed by atoms with E-state index in [9.17, 15) is 4.79 Å². The minimum absolute atomic E-state index is 0.00512. The van der Waals surface area contributed by atoms with Gasteiger partial charge in [-0.3, -0.25) is 4.79 Å². The van der Waals surface area contributed by atoms with E-state index in [-0.39, 0.29) is 23.3 Å². The maximum atomic E-state index is 11.9. The van der Waals surface area contributed by atoms with Crippen molar-refractivity contribution in [3.63, 3.8) is 0 Å². The summed E-state index contributed by atoms with van der Waals surface area (Å²) >= 11 is 0. The van der Waals surface area contributed by atoms with Crippen LogP contribution in [0.5, 0.6) is 0 Å². The van der Waals surface area contributed by atoms with E-state index in [0.29, 0.717) is 13.2 Å². The highest BCUT2D eigenvalue weighted by Crippen LogP contribution is 2.32. The Balaban J connectivity index is 2.26. The second-order valence-electron chi connectivity index (χ2n) is 6.09. The second kappa shape index (κ2) is 4.87. The van der Waals surface area contributed by atoms with E-state index in [4.69, 9.17) is 4.74 Å². The molecule has 1 aromatic rings. The Morgan fingerprint density at radius 3 is 2.84 bits per heavy atom. The van der Waals surface area contributed by atoms with Crippen molar-refractivity contribution in [3.8, 4) is 0 Å². The maximum Gasteiger partial charge on any atom is 0.312 e. The summed E-state index contributed by atoms with van der Waals surface area (Å²) in [5.41, 5.74) is 1.04. The van der Waals surface area contributed by atoms with Gasteiger partial charge < -0.3 is 14.6 Å². The van der Waals surface area contributed by atoms with Gasteiger partial charge in [0.15, 0.2) is 0 Å². The lowest BCUT2D eigenvalue weighted by Gasteiger charge is -2.29. The van der Waals surface area contributed by atoms with Crippen LogP contribution in [0, 0.1) is 5.92 Å². The van der Waals surface area contributed by atoms with Crippen LogP contribution in [0.15, 0.2) is 6.20 Å². The molecular formula is C14H23N3O2. The molecular weight excluding hydrogens is 242 g/mol. The quantitative estimate of drug-likeness (QED) is 0.834. The molecule has 0 radical (unpaired) electrons. The smallest absolute Gasteiger partial charge is 0.312 e. The predicted molar refractivity (Wildman–Crippen MR) is 74.3 cm³/mol. The third kappa shape index (κ3) is 2.60. The van der Waals surface area contributed by atoms with Gasteiger partial charge in [-0.1, -0.05) is 20.8 Å². The first kappa shape index (κ1) is 13.9. The van der Waals surface area contributed by atoms with Crippen molar-refractivity contribution in [1.82, 2.24) is 9.55 Å². The van der Waals surface area contributed by atoms with Crippen LogP contribution in [0.3, 0.4) is 0 Å². The molecule has 19 heavy (non-hydrogen) atoms. The highest BCUT2D eigenvalue weighted by Gasteiger charge is 2.34. The molecule has 2 atom stereocenters. The predicted octanol–water partition coefficient (Wildman–Crippen LogP) is 2.35. The molecule has 0 saturated heterocycles. The van der Waals surface area contributed by atoms with Crippen LogP contribution in [0.2, 0.25) is 0 Å². The Bertz CT molecular complexity index is 474. The Kier molecular flexibility index (Phi) is 3.56. The maximum absolute atomic E-state index is 11.9. The summed E-state index contributed by atoms with van der Waals surface area (Å²) in [6, 6.07) is 0.0684. The van der Waals surface area contributed by atoms with Gasteiger partial charge >= 0.3 is 5.97 Å². The van der Waals surface area contributed by atoms with Crippen LogP contribution in [0.4, 0.5) is 5.95 Å². The van der Waals surface area contributed by atoms with Crippen LogP contribution in [-0.2, 0) is 14.9 Å². The van der Waals surface area contributed by atoms with Gasteiger partial charge in [0.2, 0.25) is 5.95 Å². The number of carbonyl (C=O) groups excluding carboxylic acids is 1. The van der Waals surface area contributed by atoms with E-state index in [1.807, 2.05) is 24.6 Å². The van der Waals surface area contributed by atoms with Crippen LogP contribution >= 0.6 is 0 Å². The Morgan fingerprint density at radius 1 is 1.58 bits per heavy atom. The zero-order valence-electron chi connectivity index (χ0n) is 12.4.